The van der Waals surface area contributed by atoms with Gasteiger partial charge in [0.2, 0.25) is 0 Å². The van der Waals surface area contributed by atoms with E-state index in [0.717, 1.165) is 11.1 Å². The fourth-order valence-corrected chi connectivity index (χ4v) is 15.8. The summed E-state index contributed by atoms with van der Waals surface area (Å²) in [6.45, 7) is 4.31. The van der Waals surface area contributed by atoms with Gasteiger partial charge in [0, 0.05) is 29.6 Å². The summed E-state index contributed by atoms with van der Waals surface area (Å²) in [5.41, 5.74) is 1.68. The molecule has 0 fully saturated rings. The van der Waals surface area contributed by atoms with E-state index in [0.29, 0.717) is 0 Å². The third-order valence-electron chi connectivity index (χ3n) is 10.0. The van der Waals surface area contributed by atoms with Crippen LogP contribution >= 0.6 is 38.5 Å². The van der Waals surface area contributed by atoms with Crippen LogP contribution in [0.2, 0.25) is 0 Å². The number of rotatable bonds is 8. The van der Waals surface area contributed by atoms with Crippen LogP contribution in [-0.2, 0) is 44.8 Å². The van der Waals surface area contributed by atoms with Gasteiger partial charge in [-0.3, -0.25) is 11.8 Å². The van der Waals surface area contributed by atoms with E-state index in [1.165, 1.54) is 73.9 Å². The van der Waals surface area contributed by atoms with Crippen molar-refractivity contribution in [2.75, 3.05) is 12.3 Å². The second kappa shape index (κ2) is 23.8. The number of hydrogen-bond donors (Lipinski definition) is 0. The van der Waals surface area contributed by atoms with Crippen molar-refractivity contribution in [3.63, 3.8) is 0 Å². The zero-order valence-electron chi connectivity index (χ0n) is 33.3. The second-order valence-electron chi connectivity index (χ2n) is 13.7. The molecule has 1 unspecified atom stereocenters. The predicted octanol–water partition coefficient (Wildman–Crippen LogP) is 13.9. The molecule has 2 aromatic heterocycles. The Kier molecular flexibility index (Phi) is 18.6. The maximum absolute atomic E-state index is 7.11. The molecule has 0 bridgehead atoms. The summed E-state index contributed by atoms with van der Waals surface area (Å²) >= 11 is 3.54. The van der Waals surface area contributed by atoms with Crippen molar-refractivity contribution in [1.29, 1.82) is 0 Å². The third kappa shape index (κ3) is 11.6. The van der Waals surface area contributed by atoms with Gasteiger partial charge >= 0.3 is 44.8 Å². The first-order chi connectivity index (χ1) is 28.6. The molecule has 302 valence electrons. The van der Waals surface area contributed by atoms with E-state index in [-0.39, 0.29) is 44.8 Å². The van der Waals surface area contributed by atoms with Gasteiger partial charge in [-0.05, 0) is 85.3 Å². The molecule has 1 atom stereocenters. The molecule has 0 amide bonds. The smallest absolute Gasteiger partial charge is 0.366 e. The van der Waals surface area contributed by atoms with E-state index in [1.54, 1.807) is 22.7 Å². The number of fused-ring (bicyclic) bond motifs is 6. The fraction of sp³-hybridized carbons (Fsp3) is 0.0741. The molecule has 0 aliphatic rings. The number of benzene rings is 7. The quantitative estimate of drug-likeness (QED) is 0.0468. The molecule has 9 aromatic rings. The van der Waals surface area contributed by atoms with Crippen LogP contribution in [-0.4, -0.2) is 12.3 Å². The Balaban J connectivity index is 0.000000181. The largest absolute Gasteiger partial charge is 1.00 e. The summed E-state index contributed by atoms with van der Waals surface area (Å²) < 4.78 is 5.06. The Bertz CT molecular complexity index is 2740. The monoisotopic (exact) mass is 1210 g/mol. The van der Waals surface area contributed by atoms with Gasteiger partial charge in [-0.25, -0.2) is 0 Å². The van der Waals surface area contributed by atoms with E-state index in [9.17, 15) is 0 Å². The average Bonchev–Trinajstić information content (AvgIpc) is 3.86. The van der Waals surface area contributed by atoms with Crippen LogP contribution in [0, 0.1) is 24.7 Å². The molecule has 9 rings (SSSR count). The molecule has 7 aromatic carbocycles. The minimum atomic E-state index is -0.783. The molecule has 2 heterocycles. The van der Waals surface area contributed by atoms with Crippen molar-refractivity contribution in [1.82, 2.24) is 0 Å². The number of hydrogen-bond acceptors (Lipinski definition) is 2. The Morgan fingerprint density at radius 3 is 1.30 bits per heavy atom. The van der Waals surface area contributed by atoms with E-state index in [4.69, 9.17) is 12.8 Å². The Labute approximate surface area is 397 Å². The molecule has 0 aliphatic carbocycles. The summed E-state index contributed by atoms with van der Waals surface area (Å²) in [5, 5.41) is 11.2. The van der Waals surface area contributed by atoms with Crippen molar-refractivity contribution in [2.45, 2.75) is 13.8 Å². The fourth-order valence-electron chi connectivity index (χ4n) is 7.24. The van der Waals surface area contributed by atoms with E-state index < -0.39 is 15.8 Å². The Morgan fingerprint density at radius 2 is 0.883 bits per heavy atom. The van der Waals surface area contributed by atoms with Crippen LogP contribution in [0.25, 0.3) is 40.3 Å². The maximum atomic E-state index is 7.11. The molecule has 0 aliphatic heterocycles. The van der Waals surface area contributed by atoms with Crippen LogP contribution < -0.4 is 15.9 Å². The van der Waals surface area contributed by atoms with Crippen molar-refractivity contribution < 1.29 is 44.8 Å². The van der Waals surface area contributed by atoms with Gasteiger partial charge in [0.25, 0.3) is 0 Å². The standard InChI is InChI=1S/C26H28P2.2C14H7S.2Au/c1-3-14-23(4-2)27(24-15-8-5-9-16-24)21-22-28(25-17-10-6-11-18-25)26-19-12-7-13-20-26;2*1-2-10-7-8-12-11-5-3-4-6-13(11)15-14(12)9-10;;/h3-20H,21-22H2,1-2H3;2*3-9H;;/q;2*-1;2*+1/p+2/b14-3-,23-4+;;;;. The molecule has 0 N–H and O–H groups in total. The van der Waals surface area contributed by atoms with Crippen LogP contribution in [0.15, 0.2) is 199 Å². The molecule has 60 heavy (non-hydrogen) atoms. The summed E-state index contributed by atoms with van der Waals surface area (Å²) in [6.07, 6.45) is 23.6. The van der Waals surface area contributed by atoms with Crippen molar-refractivity contribution in [3.05, 3.63) is 223 Å². The van der Waals surface area contributed by atoms with E-state index >= 15 is 0 Å². The Hall–Kier alpha value is -4.08. The predicted molar refractivity (Wildman–Crippen MR) is 264 cm³/mol. The maximum Gasteiger partial charge on any atom is 1.00 e. The number of allylic oxidation sites excluding steroid dienone is 4. The van der Waals surface area contributed by atoms with Gasteiger partial charge in [0.05, 0.1) is 37.1 Å². The first kappa shape index (κ1) is 47.0. The van der Waals surface area contributed by atoms with Crippen molar-refractivity contribution in [2.24, 2.45) is 0 Å². The van der Waals surface area contributed by atoms with Gasteiger partial charge in [-0.15, -0.1) is 58.1 Å². The first-order valence-electron chi connectivity index (χ1n) is 19.5. The van der Waals surface area contributed by atoms with Crippen LogP contribution in [0.3, 0.4) is 0 Å². The minimum Gasteiger partial charge on any atom is -0.366 e. The van der Waals surface area contributed by atoms with E-state index in [2.05, 4.69) is 196 Å². The Morgan fingerprint density at radius 1 is 0.483 bits per heavy atom. The first-order valence-corrected chi connectivity index (χ1v) is 24.5. The molecular formula is C54H44Au2P2S2+2. The molecule has 0 spiro atoms. The molecule has 6 heteroatoms. The van der Waals surface area contributed by atoms with Crippen LogP contribution in [0.1, 0.15) is 25.0 Å². The van der Waals surface area contributed by atoms with Crippen LogP contribution in [0.5, 0.6) is 0 Å². The van der Waals surface area contributed by atoms with Crippen molar-refractivity contribution >= 4 is 94.8 Å². The van der Waals surface area contributed by atoms with Gasteiger partial charge in [-0.2, -0.15) is 0 Å². The van der Waals surface area contributed by atoms with Gasteiger partial charge in [-0.1, -0.05) is 109 Å². The molecule has 0 saturated heterocycles. The third-order valence-corrected chi connectivity index (χ3v) is 18.6. The molecular weight excluding hydrogens is 1170 g/mol. The average molecular weight is 1210 g/mol. The van der Waals surface area contributed by atoms with Gasteiger partial charge < -0.3 is 12.8 Å². The summed E-state index contributed by atoms with van der Waals surface area (Å²) in [7, 11) is -1.57. The molecule has 0 nitrogen and oxygen atoms in total. The van der Waals surface area contributed by atoms with E-state index in [1.807, 2.05) is 24.3 Å². The topological polar surface area (TPSA) is 0 Å². The summed E-state index contributed by atoms with van der Waals surface area (Å²) in [4.78, 5) is 0. The van der Waals surface area contributed by atoms with Crippen molar-refractivity contribution in [3.8, 4) is 11.8 Å². The zero-order valence-corrected chi connectivity index (χ0v) is 41.3. The SMILES string of the molecule is C/C=C\C(=C/C)[PH+](CC[PH+](c1ccccc1)c1ccccc1)c1ccccc1.[Au+].[Au+].[C-]#Cc1ccc2c(c1)sc1ccccc12.[C-]#Cc1ccc2c(c1)sc1ccccc12. The van der Waals surface area contributed by atoms with Crippen LogP contribution in [0.4, 0.5) is 0 Å². The number of thiophene rings is 2. The molecule has 0 radical (unpaired) electrons. The van der Waals surface area contributed by atoms with Gasteiger partial charge in [0.1, 0.15) is 12.3 Å². The molecule has 0 saturated carbocycles. The van der Waals surface area contributed by atoms with Gasteiger partial charge in [0.15, 0.2) is 0 Å². The summed E-state index contributed by atoms with van der Waals surface area (Å²) in [5.74, 6) is 4.84. The zero-order chi connectivity index (χ0) is 40.1. The summed E-state index contributed by atoms with van der Waals surface area (Å²) in [6, 6.07) is 62.2. The second-order valence-corrected chi connectivity index (χ2v) is 21.1. The minimum absolute atomic E-state index is 0. The normalized spacial score (nSPS) is 11.4.